The van der Waals surface area contributed by atoms with E-state index in [4.69, 9.17) is 0 Å². The van der Waals surface area contributed by atoms with Crippen molar-refractivity contribution < 1.29 is 14.3 Å². The van der Waals surface area contributed by atoms with Crippen LogP contribution in [0.25, 0.3) is 0 Å². The molecular weight excluding hydrogens is 259 g/mol. The fourth-order valence-corrected chi connectivity index (χ4v) is 1.98. The fraction of sp³-hybridized carbons (Fsp3) is 0.533. The number of aryl methyl sites for hydroxylation is 1. The van der Waals surface area contributed by atoms with E-state index in [0.717, 1.165) is 6.42 Å². The number of benzene rings is 1. The minimum absolute atomic E-state index is 0.118. The van der Waals surface area contributed by atoms with Crippen LogP contribution in [-0.2, 0) is 6.54 Å². The summed E-state index contributed by atoms with van der Waals surface area (Å²) in [5.41, 5.74) is 0.649. The number of amides is 2. The number of carbonyl (C=O) groups excluding carboxylic acids is 1. The van der Waals surface area contributed by atoms with Crippen molar-refractivity contribution in [3.05, 3.63) is 35.1 Å². The Bertz CT molecular complexity index is 465. The van der Waals surface area contributed by atoms with Gasteiger partial charge in [-0.1, -0.05) is 25.5 Å². The molecule has 1 aromatic carbocycles. The lowest BCUT2D eigenvalue weighted by molar-refractivity contribution is 0.163. The lowest BCUT2D eigenvalue weighted by Crippen LogP contribution is -2.52. The first-order valence-corrected chi connectivity index (χ1v) is 6.82. The van der Waals surface area contributed by atoms with Crippen LogP contribution in [0.2, 0.25) is 0 Å². The topological polar surface area (TPSA) is 61.4 Å². The molecule has 0 saturated heterocycles. The number of aliphatic hydroxyl groups excluding tert-OH is 1. The Morgan fingerprint density at radius 1 is 1.45 bits per heavy atom. The third-order valence-electron chi connectivity index (χ3n) is 3.26. The largest absolute Gasteiger partial charge is 0.394 e. The van der Waals surface area contributed by atoms with Crippen molar-refractivity contribution >= 4 is 6.03 Å². The van der Waals surface area contributed by atoms with Gasteiger partial charge in [0.15, 0.2) is 0 Å². The van der Waals surface area contributed by atoms with Gasteiger partial charge < -0.3 is 15.7 Å². The van der Waals surface area contributed by atoms with Crippen molar-refractivity contribution in [1.82, 2.24) is 10.6 Å². The van der Waals surface area contributed by atoms with E-state index in [1.807, 2.05) is 6.92 Å². The van der Waals surface area contributed by atoms with Crippen LogP contribution in [0.1, 0.15) is 37.8 Å². The molecule has 2 amide bonds. The SMILES string of the molecule is CCCC(C)(CO)NC(=O)NCc1ccc(C)c(F)c1. The minimum atomic E-state index is -0.628. The highest BCUT2D eigenvalue weighted by Gasteiger charge is 2.24. The molecule has 0 aliphatic heterocycles. The van der Waals surface area contributed by atoms with Gasteiger partial charge in [-0.15, -0.1) is 0 Å². The molecule has 112 valence electrons. The van der Waals surface area contributed by atoms with Crippen molar-refractivity contribution in [1.29, 1.82) is 0 Å². The Morgan fingerprint density at radius 2 is 2.15 bits per heavy atom. The van der Waals surface area contributed by atoms with Crippen LogP contribution in [0.3, 0.4) is 0 Å². The zero-order valence-corrected chi connectivity index (χ0v) is 12.3. The van der Waals surface area contributed by atoms with Gasteiger partial charge in [-0.05, 0) is 37.5 Å². The van der Waals surface area contributed by atoms with Crippen LogP contribution in [0.5, 0.6) is 0 Å². The zero-order valence-electron chi connectivity index (χ0n) is 12.3. The summed E-state index contributed by atoms with van der Waals surface area (Å²) in [6.45, 7) is 5.60. The number of halogens is 1. The maximum Gasteiger partial charge on any atom is 0.315 e. The van der Waals surface area contributed by atoms with Crippen molar-refractivity contribution in [3.8, 4) is 0 Å². The number of hydrogen-bond donors (Lipinski definition) is 3. The first kappa shape index (κ1) is 16.4. The van der Waals surface area contributed by atoms with Gasteiger partial charge in [0.05, 0.1) is 12.1 Å². The highest BCUT2D eigenvalue weighted by molar-refractivity contribution is 5.74. The predicted molar refractivity (Wildman–Crippen MR) is 76.9 cm³/mol. The summed E-state index contributed by atoms with van der Waals surface area (Å²) in [6, 6.07) is 4.50. The second kappa shape index (κ2) is 7.24. The van der Waals surface area contributed by atoms with Gasteiger partial charge >= 0.3 is 6.03 Å². The van der Waals surface area contributed by atoms with Gasteiger partial charge in [0.2, 0.25) is 0 Å². The summed E-state index contributed by atoms with van der Waals surface area (Å²) in [5, 5.41) is 14.7. The number of rotatable bonds is 6. The standard InChI is InChI=1S/C15H23FN2O2/c1-4-7-15(3,10-19)18-14(20)17-9-12-6-5-11(2)13(16)8-12/h5-6,8,19H,4,7,9-10H2,1-3H3,(H2,17,18,20). The molecule has 1 unspecified atom stereocenters. The summed E-state index contributed by atoms with van der Waals surface area (Å²) in [6.07, 6.45) is 1.55. The molecule has 4 nitrogen and oxygen atoms in total. The van der Waals surface area contributed by atoms with E-state index in [1.165, 1.54) is 6.07 Å². The molecule has 0 heterocycles. The van der Waals surface area contributed by atoms with Gasteiger partial charge in [0.1, 0.15) is 5.82 Å². The second-order valence-corrected chi connectivity index (χ2v) is 5.36. The van der Waals surface area contributed by atoms with Crippen LogP contribution in [-0.4, -0.2) is 23.3 Å². The van der Waals surface area contributed by atoms with Gasteiger partial charge in [0, 0.05) is 6.54 Å². The smallest absolute Gasteiger partial charge is 0.315 e. The Morgan fingerprint density at radius 3 is 2.70 bits per heavy atom. The van der Waals surface area contributed by atoms with Gasteiger partial charge in [-0.3, -0.25) is 0 Å². The lowest BCUT2D eigenvalue weighted by atomic mass is 9.98. The molecule has 1 aromatic rings. The summed E-state index contributed by atoms with van der Waals surface area (Å²) in [5.74, 6) is -0.282. The Balaban J connectivity index is 2.52. The van der Waals surface area contributed by atoms with Crippen LogP contribution in [0.4, 0.5) is 9.18 Å². The van der Waals surface area contributed by atoms with Crippen LogP contribution < -0.4 is 10.6 Å². The van der Waals surface area contributed by atoms with Crippen LogP contribution >= 0.6 is 0 Å². The van der Waals surface area contributed by atoms with E-state index in [2.05, 4.69) is 10.6 Å². The Labute approximate surface area is 119 Å². The molecule has 1 rings (SSSR count). The molecule has 3 N–H and O–H groups in total. The number of carbonyl (C=O) groups is 1. The third-order valence-corrected chi connectivity index (χ3v) is 3.26. The van der Waals surface area contributed by atoms with Gasteiger partial charge in [0.25, 0.3) is 0 Å². The zero-order chi connectivity index (χ0) is 15.2. The Hall–Kier alpha value is -1.62. The average Bonchev–Trinajstić information content (AvgIpc) is 2.40. The molecule has 0 aliphatic rings. The number of hydrogen-bond acceptors (Lipinski definition) is 2. The summed E-state index contributed by atoms with van der Waals surface area (Å²) < 4.78 is 13.4. The maximum atomic E-state index is 13.4. The lowest BCUT2D eigenvalue weighted by Gasteiger charge is -2.28. The van der Waals surface area contributed by atoms with Crippen molar-refractivity contribution in [2.24, 2.45) is 0 Å². The molecule has 0 aromatic heterocycles. The first-order valence-electron chi connectivity index (χ1n) is 6.82. The van der Waals surface area contributed by atoms with E-state index in [-0.39, 0.29) is 25.0 Å². The highest BCUT2D eigenvalue weighted by atomic mass is 19.1. The van der Waals surface area contributed by atoms with Crippen molar-refractivity contribution in [2.45, 2.75) is 45.7 Å². The van der Waals surface area contributed by atoms with Crippen molar-refractivity contribution in [3.63, 3.8) is 0 Å². The highest BCUT2D eigenvalue weighted by Crippen LogP contribution is 2.11. The molecule has 20 heavy (non-hydrogen) atoms. The monoisotopic (exact) mass is 282 g/mol. The summed E-state index contributed by atoms with van der Waals surface area (Å²) >= 11 is 0. The molecule has 0 bridgehead atoms. The number of nitrogens with one attached hydrogen (secondary N) is 2. The Kier molecular flexibility index (Phi) is 5.95. The summed E-state index contributed by atoms with van der Waals surface area (Å²) in [7, 11) is 0. The fourth-order valence-electron chi connectivity index (χ4n) is 1.98. The van der Waals surface area contributed by atoms with Gasteiger partial charge in [-0.25, -0.2) is 9.18 Å². The molecule has 5 heteroatoms. The molecule has 0 saturated carbocycles. The molecule has 1 atom stereocenters. The van der Waals surface area contributed by atoms with E-state index in [9.17, 15) is 14.3 Å². The quantitative estimate of drug-likeness (QED) is 0.750. The molecular formula is C15H23FN2O2. The van der Waals surface area contributed by atoms with Crippen LogP contribution in [0, 0.1) is 12.7 Å². The van der Waals surface area contributed by atoms with E-state index < -0.39 is 5.54 Å². The van der Waals surface area contributed by atoms with E-state index in [1.54, 1.807) is 26.0 Å². The number of urea groups is 1. The molecule has 0 spiro atoms. The second-order valence-electron chi connectivity index (χ2n) is 5.36. The third kappa shape index (κ3) is 4.81. The summed E-state index contributed by atoms with van der Waals surface area (Å²) in [4.78, 5) is 11.8. The van der Waals surface area contributed by atoms with Crippen molar-refractivity contribution in [2.75, 3.05) is 6.61 Å². The molecule has 0 fully saturated rings. The van der Waals surface area contributed by atoms with E-state index in [0.29, 0.717) is 17.5 Å². The minimum Gasteiger partial charge on any atom is -0.394 e. The maximum absolute atomic E-state index is 13.4. The normalized spacial score (nSPS) is 13.7. The van der Waals surface area contributed by atoms with Crippen LogP contribution in [0.15, 0.2) is 18.2 Å². The molecule has 0 radical (unpaired) electrons. The molecule has 0 aliphatic carbocycles. The predicted octanol–water partition coefficient (Wildman–Crippen LogP) is 2.48. The van der Waals surface area contributed by atoms with Gasteiger partial charge in [-0.2, -0.15) is 0 Å². The average molecular weight is 282 g/mol. The van der Waals surface area contributed by atoms with E-state index >= 15 is 0 Å². The number of aliphatic hydroxyl groups is 1. The first-order chi connectivity index (χ1) is 9.40.